The minimum Gasteiger partial charge on any atom is -0.373 e. The first-order chi connectivity index (χ1) is 13.3. The molecule has 2 nitrogen and oxygen atoms in total. The van der Waals surface area contributed by atoms with Gasteiger partial charge in [0, 0.05) is 13.1 Å². The largest absolute Gasteiger partial charge is 0.416 e. The van der Waals surface area contributed by atoms with Crippen molar-refractivity contribution in [2.24, 2.45) is 0 Å². The van der Waals surface area contributed by atoms with Gasteiger partial charge < -0.3 is 4.74 Å². The van der Waals surface area contributed by atoms with Crippen molar-refractivity contribution < 1.29 is 17.9 Å². The fourth-order valence-corrected chi connectivity index (χ4v) is 5.21. The molecular weight excluding hydrogens is 379 g/mol. The summed E-state index contributed by atoms with van der Waals surface area (Å²) in [5.41, 5.74) is -0.525. The third kappa shape index (κ3) is 8.93. The molecule has 6 heteroatoms. The molecule has 1 saturated heterocycles. The maximum absolute atomic E-state index is 12.7. The minimum atomic E-state index is -4.24. The molecule has 1 aromatic rings. The molecule has 0 aromatic heterocycles. The van der Waals surface area contributed by atoms with Crippen LogP contribution in [0.3, 0.4) is 0 Å². The second kappa shape index (κ2) is 11.8. The lowest BCUT2D eigenvalue weighted by molar-refractivity contribution is -0.137. The van der Waals surface area contributed by atoms with Gasteiger partial charge in [0.25, 0.3) is 0 Å². The molecule has 0 aliphatic carbocycles. The van der Waals surface area contributed by atoms with Gasteiger partial charge in [0.15, 0.2) is 0 Å². The van der Waals surface area contributed by atoms with Crippen LogP contribution in [0.1, 0.15) is 51.5 Å². The molecule has 158 valence electrons. The maximum atomic E-state index is 12.7. The average molecular weight is 414 g/mol. The number of alkyl halides is 3. The van der Waals surface area contributed by atoms with Crippen molar-refractivity contribution >= 4 is 14.7 Å². The van der Waals surface area contributed by atoms with E-state index in [-0.39, 0.29) is 0 Å². The number of rotatable bonds is 10. The van der Waals surface area contributed by atoms with Crippen LogP contribution in [0, 0.1) is 0 Å². The van der Waals surface area contributed by atoms with E-state index in [1.807, 2.05) is 6.07 Å². The molecule has 0 amide bonds. The van der Waals surface area contributed by atoms with E-state index in [0.717, 1.165) is 43.4 Å². The highest BCUT2D eigenvalue weighted by molar-refractivity contribution is 6.53. The Kier molecular flexibility index (Phi) is 9.75. The monoisotopic (exact) mass is 413 g/mol. The SMILES string of the molecule is CC1CN(CCCCCCC=CC[SiH2]c2cccc(C(F)(F)F)c2)CC(C)O1. The van der Waals surface area contributed by atoms with Crippen molar-refractivity contribution in [2.45, 2.75) is 70.4 Å². The molecule has 1 fully saturated rings. The third-order valence-corrected chi connectivity index (χ3v) is 6.75. The summed E-state index contributed by atoms with van der Waals surface area (Å²) in [7, 11) is -0.661. The van der Waals surface area contributed by atoms with Gasteiger partial charge in [-0.3, -0.25) is 4.90 Å². The second-order valence-corrected chi connectivity index (χ2v) is 9.82. The molecule has 0 saturated carbocycles. The van der Waals surface area contributed by atoms with Crippen molar-refractivity contribution in [2.75, 3.05) is 19.6 Å². The fraction of sp³-hybridized carbons (Fsp3) is 0.636. The lowest BCUT2D eigenvalue weighted by Gasteiger charge is -2.35. The van der Waals surface area contributed by atoms with Gasteiger partial charge in [-0.15, -0.1) is 0 Å². The third-order valence-electron chi connectivity index (χ3n) is 5.11. The van der Waals surface area contributed by atoms with E-state index >= 15 is 0 Å². The average Bonchev–Trinajstić information content (AvgIpc) is 2.62. The molecule has 2 atom stereocenters. The summed E-state index contributed by atoms with van der Waals surface area (Å²) < 4.78 is 43.9. The van der Waals surface area contributed by atoms with Gasteiger partial charge in [0.2, 0.25) is 0 Å². The molecule has 0 radical (unpaired) electrons. The summed E-state index contributed by atoms with van der Waals surface area (Å²) in [6.45, 7) is 7.54. The van der Waals surface area contributed by atoms with E-state index in [1.165, 1.54) is 37.8 Å². The Labute approximate surface area is 170 Å². The van der Waals surface area contributed by atoms with Gasteiger partial charge in [0.1, 0.15) is 0 Å². The van der Waals surface area contributed by atoms with Gasteiger partial charge in [-0.1, -0.05) is 54.4 Å². The van der Waals surface area contributed by atoms with E-state index in [4.69, 9.17) is 4.74 Å². The van der Waals surface area contributed by atoms with Crippen molar-refractivity contribution in [3.63, 3.8) is 0 Å². The minimum absolute atomic E-state index is 0.341. The van der Waals surface area contributed by atoms with Gasteiger partial charge in [0.05, 0.1) is 27.3 Å². The van der Waals surface area contributed by atoms with Gasteiger partial charge >= 0.3 is 6.18 Å². The number of halogens is 3. The van der Waals surface area contributed by atoms with E-state index in [2.05, 4.69) is 30.9 Å². The van der Waals surface area contributed by atoms with Gasteiger partial charge in [-0.2, -0.15) is 13.2 Å². The fourth-order valence-electron chi connectivity index (χ4n) is 3.81. The van der Waals surface area contributed by atoms with E-state index < -0.39 is 21.3 Å². The zero-order valence-corrected chi connectivity index (χ0v) is 18.6. The highest BCUT2D eigenvalue weighted by atomic mass is 28.2. The Morgan fingerprint density at radius 1 is 1.07 bits per heavy atom. The number of hydrogen-bond donors (Lipinski definition) is 0. The standard InChI is InChI=1S/C22H34F3NOSi/c1-18-16-26(17-19(2)27-18)13-8-6-4-3-5-7-9-14-28-21-12-10-11-20(15-21)22(23,24)25/h7,9-12,15,18-19H,3-6,8,13-14,16-17,28H2,1-2H3. The predicted molar refractivity (Wildman–Crippen MR) is 113 cm³/mol. The summed E-state index contributed by atoms with van der Waals surface area (Å²) >= 11 is 0. The van der Waals surface area contributed by atoms with Crippen molar-refractivity contribution in [1.82, 2.24) is 4.90 Å². The van der Waals surface area contributed by atoms with Crippen LogP contribution in [-0.2, 0) is 10.9 Å². The zero-order chi connectivity index (χ0) is 20.4. The van der Waals surface area contributed by atoms with Crippen molar-refractivity contribution in [3.8, 4) is 0 Å². The molecule has 1 aliphatic heterocycles. The topological polar surface area (TPSA) is 12.5 Å². The highest BCUT2D eigenvalue weighted by Crippen LogP contribution is 2.28. The van der Waals surface area contributed by atoms with Crippen LogP contribution in [0.15, 0.2) is 36.4 Å². The number of nitrogens with zero attached hydrogens (tertiary/aromatic N) is 1. The van der Waals surface area contributed by atoms with Crippen molar-refractivity contribution in [1.29, 1.82) is 0 Å². The highest BCUT2D eigenvalue weighted by Gasteiger charge is 2.30. The number of morpholine rings is 1. The second-order valence-electron chi connectivity index (χ2n) is 7.93. The molecule has 28 heavy (non-hydrogen) atoms. The molecule has 0 bridgehead atoms. The molecule has 1 aliphatic rings. The summed E-state index contributed by atoms with van der Waals surface area (Å²) in [4.78, 5) is 2.51. The first-order valence-corrected chi connectivity index (χ1v) is 12.2. The lowest BCUT2D eigenvalue weighted by atomic mass is 10.1. The molecule has 2 rings (SSSR count). The number of allylic oxidation sites excluding steroid dienone is 2. The molecule has 1 heterocycles. The summed E-state index contributed by atoms with van der Waals surface area (Å²) in [6.07, 6.45) is 6.80. The molecule has 1 aromatic carbocycles. The molecular formula is C22H34F3NOSi. The Bertz CT molecular complexity index is 596. The Morgan fingerprint density at radius 2 is 1.79 bits per heavy atom. The summed E-state index contributed by atoms with van der Waals surface area (Å²) in [6, 6.07) is 6.73. The van der Waals surface area contributed by atoms with Crippen LogP contribution in [-0.4, -0.2) is 46.3 Å². The van der Waals surface area contributed by atoms with E-state index in [1.54, 1.807) is 0 Å². The van der Waals surface area contributed by atoms with Crippen LogP contribution < -0.4 is 5.19 Å². The number of unbranched alkanes of at least 4 members (excludes halogenated alkanes) is 4. The number of ether oxygens (including phenoxy) is 1. The maximum Gasteiger partial charge on any atom is 0.416 e. The first kappa shape index (κ1) is 23.2. The molecule has 0 N–H and O–H groups in total. The number of hydrogen-bond acceptors (Lipinski definition) is 2. The molecule has 0 spiro atoms. The van der Waals surface area contributed by atoms with Crippen LogP contribution in [0.25, 0.3) is 0 Å². The van der Waals surface area contributed by atoms with Crippen LogP contribution in [0.2, 0.25) is 6.04 Å². The lowest BCUT2D eigenvalue weighted by Crippen LogP contribution is -2.45. The summed E-state index contributed by atoms with van der Waals surface area (Å²) in [5.74, 6) is 0. The van der Waals surface area contributed by atoms with E-state index in [9.17, 15) is 13.2 Å². The quantitative estimate of drug-likeness (QED) is 0.317. The summed E-state index contributed by atoms with van der Waals surface area (Å²) in [5, 5.41) is 0.881. The van der Waals surface area contributed by atoms with Gasteiger partial charge in [-0.25, -0.2) is 0 Å². The normalized spacial score (nSPS) is 21.9. The number of benzene rings is 1. The van der Waals surface area contributed by atoms with Crippen molar-refractivity contribution in [3.05, 3.63) is 42.0 Å². The first-order valence-electron chi connectivity index (χ1n) is 10.5. The van der Waals surface area contributed by atoms with E-state index in [0.29, 0.717) is 12.2 Å². The van der Waals surface area contributed by atoms with Crippen LogP contribution in [0.5, 0.6) is 0 Å². The molecule has 2 unspecified atom stereocenters. The Balaban J connectivity index is 1.50. The van der Waals surface area contributed by atoms with Crippen LogP contribution in [0.4, 0.5) is 13.2 Å². The van der Waals surface area contributed by atoms with Crippen LogP contribution >= 0.6 is 0 Å². The Hall–Kier alpha value is -1.11. The smallest absolute Gasteiger partial charge is 0.373 e. The predicted octanol–water partition coefficient (Wildman–Crippen LogP) is 4.53. The van der Waals surface area contributed by atoms with Gasteiger partial charge in [-0.05, 0) is 45.7 Å². The zero-order valence-electron chi connectivity index (χ0n) is 17.2. The Morgan fingerprint density at radius 3 is 2.50 bits per heavy atom.